The lowest BCUT2D eigenvalue weighted by Gasteiger charge is -2.32. The van der Waals surface area contributed by atoms with Crippen molar-refractivity contribution >= 4 is 11.9 Å². The van der Waals surface area contributed by atoms with Gasteiger partial charge in [-0.2, -0.15) is 0 Å². The van der Waals surface area contributed by atoms with Crippen LogP contribution < -0.4 is 10.2 Å². The van der Waals surface area contributed by atoms with Crippen LogP contribution in [-0.4, -0.2) is 60.0 Å². The molecule has 0 spiro atoms. The summed E-state index contributed by atoms with van der Waals surface area (Å²) in [7, 11) is 0. The standard InChI is InChI=1S/C22H31N5O/c1-3-26(4-2)14-12-23-21(28)19-11-8-13-27(17-19)22-24-15-20(16-25-22)18-9-6-5-7-10-18/h5-7,9-10,15-16,19H,3-4,8,11-14,17H2,1-2H3,(H,23,28)/t19-/m0/s1. The molecular weight excluding hydrogens is 350 g/mol. The van der Waals surface area contributed by atoms with Gasteiger partial charge in [0.1, 0.15) is 0 Å². The number of nitrogens with one attached hydrogen (secondary N) is 1. The first-order valence-electron chi connectivity index (χ1n) is 10.3. The van der Waals surface area contributed by atoms with Crippen LogP contribution in [-0.2, 0) is 4.79 Å². The van der Waals surface area contributed by atoms with E-state index in [0.717, 1.165) is 50.1 Å². The third kappa shape index (κ3) is 5.29. The minimum Gasteiger partial charge on any atom is -0.355 e. The lowest BCUT2D eigenvalue weighted by Crippen LogP contribution is -2.45. The van der Waals surface area contributed by atoms with Crippen LogP contribution in [0.15, 0.2) is 42.7 Å². The molecule has 1 saturated heterocycles. The second kappa shape index (κ2) is 10.2. The zero-order valence-corrected chi connectivity index (χ0v) is 17.0. The number of hydrogen-bond acceptors (Lipinski definition) is 5. The van der Waals surface area contributed by atoms with Gasteiger partial charge in [-0.3, -0.25) is 4.79 Å². The van der Waals surface area contributed by atoms with Crippen LogP contribution in [0.4, 0.5) is 5.95 Å². The highest BCUT2D eigenvalue weighted by atomic mass is 16.1. The molecule has 150 valence electrons. The van der Waals surface area contributed by atoms with Gasteiger partial charge in [-0.05, 0) is 31.5 Å². The number of aromatic nitrogens is 2. The lowest BCUT2D eigenvalue weighted by molar-refractivity contribution is -0.125. The van der Waals surface area contributed by atoms with Gasteiger partial charge in [-0.15, -0.1) is 0 Å². The Morgan fingerprint density at radius 2 is 1.86 bits per heavy atom. The second-order valence-electron chi connectivity index (χ2n) is 7.24. The van der Waals surface area contributed by atoms with Gasteiger partial charge >= 0.3 is 0 Å². The Morgan fingerprint density at radius 1 is 1.14 bits per heavy atom. The Balaban J connectivity index is 1.55. The highest BCUT2D eigenvalue weighted by molar-refractivity contribution is 5.79. The summed E-state index contributed by atoms with van der Waals surface area (Å²) < 4.78 is 0. The van der Waals surface area contributed by atoms with Crippen molar-refractivity contribution < 1.29 is 4.79 Å². The molecular formula is C22H31N5O. The molecule has 1 atom stereocenters. The van der Waals surface area contributed by atoms with E-state index in [4.69, 9.17) is 0 Å². The minimum absolute atomic E-state index is 0.00264. The highest BCUT2D eigenvalue weighted by Gasteiger charge is 2.27. The topological polar surface area (TPSA) is 61.4 Å². The Hall–Kier alpha value is -2.47. The molecule has 2 heterocycles. The van der Waals surface area contributed by atoms with E-state index in [2.05, 4.69) is 51.1 Å². The normalized spacial score (nSPS) is 17.0. The molecule has 1 amide bonds. The Bertz CT molecular complexity index is 730. The van der Waals surface area contributed by atoms with E-state index in [0.29, 0.717) is 19.0 Å². The zero-order chi connectivity index (χ0) is 19.8. The molecule has 2 aromatic rings. The number of benzene rings is 1. The quantitative estimate of drug-likeness (QED) is 0.762. The van der Waals surface area contributed by atoms with Gasteiger partial charge in [0.2, 0.25) is 11.9 Å². The van der Waals surface area contributed by atoms with E-state index < -0.39 is 0 Å². The number of rotatable bonds is 8. The largest absolute Gasteiger partial charge is 0.355 e. The van der Waals surface area contributed by atoms with E-state index >= 15 is 0 Å². The maximum atomic E-state index is 12.6. The van der Waals surface area contributed by atoms with Gasteiger partial charge in [-0.1, -0.05) is 44.2 Å². The van der Waals surface area contributed by atoms with Gasteiger partial charge in [0.05, 0.1) is 5.92 Å². The second-order valence-corrected chi connectivity index (χ2v) is 7.24. The number of anilines is 1. The van der Waals surface area contributed by atoms with Crippen molar-refractivity contribution in [1.82, 2.24) is 20.2 Å². The number of nitrogens with zero attached hydrogens (tertiary/aromatic N) is 4. The molecule has 1 aliphatic rings. The molecule has 6 heteroatoms. The fourth-order valence-electron chi connectivity index (χ4n) is 3.66. The molecule has 1 N–H and O–H groups in total. The predicted molar refractivity (Wildman–Crippen MR) is 113 cm³/mol. The van der Waals surface area contributed by atoms with Crippen LogP contribution in [0.5, 0.6) is 0 Å². The Morgan fingerprint density at radius 3 is 2.54 bits per heavy atom. The Kier molecular flexibility index (Phi) is 7.37. The van der Waals surface area contributed by atoms with E-state index in [1.165, 1.54) is 0 Å². The van der Waals surface area contributed by atoms with Crippen LogP contribution in [0, 0.1) is 5.92 Å². The van der Waals surface area contributed by atoms with E-state index in [-0.39, 0.29) is 11.8 Å². The van der Waals surface area contributed by atoms with Crippen molar-refractivity contribution in [2.75, 3.05) is 44.2 Å². The van der Waals surface area contributed by atoms with E-state index in [9.17, 15) is 4.79 Å². The third-order valence-electron chi connectivity index (χ3n) is 5.44. The van der Waals surface area contributed by atoms with Crippen molar-refractivity contribution in [3.63, 3.8) is 0 Å². The van der Waals surface area contributed by atoms with Gasteiger partial charge in [0.15, 0.2) is 0 Å². The molecule has 6 nitrogen and oxygen atoms in total. The fraction of sp³-hybridized carbons (Fsp3) is 0.500. The van der Waals surface area contributed by atoms with Crippen LogP contribution in [0.1, 0.15) is 26.7 Å². The molecule has 1 aliphatic heterocycles. The average molecular weight is 382 g/mol. The first kappa shape index (κ1) is 20.3. The number of carbonyl (C=O) groups excluding carboxylic acids is 1. The highest BCUT2D eigenvalue weighted by Crippen LogP contribution is 2.22. The number of piperidine rings is 1. The van der Waals surface area contributed by atoms with E-state index in [1.807, 2.05) is 30.6 Å². The molecule has 0 unspecified atom stereocenters. The summed E-state index contributed by atoms with van der Waals surface area (Å²) in [5, 5.41) is 3.11. The molecule has 3 rings (SSSR count). The maximum Gasteiger partial charge on any atom is 0.225 e. The molecule has 1 aromatic heterocycles. The Labute approximate surface area is 168 Å². The maximum absolute atomic E-state index is 12.6. The van der Waals surface area contributed by atoms with Crippen molar-refractivity contribution in [2.45, 2.75) is 26.7 Å². The number of amides is 1. The summed E-state index contributed by atoms with van der Waals surface area (Å²) in [5.41, 5.74) is 2.12. The molecule has 28 heavy (non-hydrogen) atoms. The van der Waals surface area contributed by atoms with Gasteiger partial charge < -0.3 is 15.1 Å². The van der Waals surface area contributed by atoms with Crippen molar-refractivity contribution in [2.24, 2.45) is 5.92 Å². The molecule has 0 bridgehead atoms. The molecule has 1 fully saturated rings. The smallest absolute Gasteiger partial charge is 0.225 e. The summed E-state index contributed by atoms with van der Waals surface area (Å²) in [5.74, 6) is 0.862. The summed E-state index contributed by atoms with van der Waals surface area (Å²) in [4.78, 5) is 26.1. The fourth-order valence-corrected chi connectivity index (χ4v) is 3.66. The average Bonchev–Trinajstić information content (AvgIpc) is 2.77. The van der Waals surface area contributed by atoms with Crippen LogP contribution in [0.25, 0.3) is 11.1 Å². The van der Waals surface area contributed by atoms with Crippen LogP contribution >= 0.6 is 0 Å². The van der Waals surface area contributed by atoms with Crippen LogP contribution in [0.2, 0.25) is 0 Å². The van der Waals surface area contributed by atoms with E-state index in [1.54, 1.807) is 0 Å². The first-order valence-corrected chi connectivity index (χ1v) is 10.3. The van der Waals surface area contributed by atoms with Gasteiger partial charge in [-0.25, -0.2) is 9.97 Å². The van der Waals surface area contributed by atoms with Crippen molar-refractivity contribution in [3.8, 4) is 11.1 Å². The van der Waals surface area contributed by atoms with Crippen LogP contribution in [0.3, 0.4) is 0 Å². The molecule has 0 saturated carbocycles. The number of likely N-dealkylation sites (N-methyl/N-ethyl adjacent to an activating group) is 1. The summed E-state index contributed by atoms with van der Waals surface area (Å²) in [6, 6.07) is 10.1. The summed E-state index contributed by atoms with van der Waals surface area (Å²) in [6.45, 7) is 9.51. The molecule has 0 aliphatic carbocycles. The van der Waals surface area contributed by atoms with Crippen molar-refractivity contribution in [1.29, 1.82) is 0 Å². The SMILES string of the molecule is CCN(CC)CCNC(=O)[C@H]1CCCN(c2ncc(-c3ccccc3)cn2)C1. The summed E-state index contributed by atoms with van der Waals surface area (Å²) >= 11 is 0. The van der Waals surface area contributed by atoms with Gasteiger partial charge in [0, 0.05) is 44.1 Å². The number of carbonyl (C=O) groups is 1. The first-order chi connectivity index (χ1) is 13.7. The lowest BCUT2D eigenvalue weighted by atomic mass is 9.97. The monoisotopic (exact) mass is 381 g/mol. The molecule has 0 radical (unpaired) electrons. The van der Waals surface area contributed by atoms with Crippen molar-refractivity contribution in [3.05, 3.63) is 42.7 Å². The predicted octanol–water partition coefficient (Wildman–Crippen LogP) is 2.82. The third-order valence-corrected chi connectivity index (χ3v) is 5.44. The zero-order valence-electron chi connectivity index (χ0n) is 17.0. The number of hydrogen-bond donors (Lipinski definition) is 1. The molecule has 1 aromatic carbocycles. The van der Waals surface area contributed by atoms with Gasteiger partial charge in [0.25, 0.3) is 0 Å². The summed E-state index contributed by atoms with van der Waals surface area (Å²) in [6.07, 6.45) is 5.64. The minimum atomic E-state index is 0.00264.